The first-order valence-corrected chi connectivity index (χ1v) is 10.0. The van der Waals surface area contributed by atoms with Gasteiger partial charge in [-0.1, -0.05) is 0 Å². The molecule has 2 aromatic rings. The van der Waals surface area contributed by atoms with Crippen molar-refractivity contribution in [2.45, 2.75) is 20.4 Å². The Kier molecular flexibility index (Phi) is 6.71. The Hall–Kier alpha value is -2.64. The lowest BCUT2D eigenvalue weighted by Gasteiger charge is -2.29. The zero-order chi connectivity index (χ0) is 21.0. The lowest BCUT2D eigenvalue weighted by atomic mass is 10.1. The third kappa shape index (κ3) is 4.86. The standard InChI is InChI=1S/C22H29N3O4/c1-15-20(22(27)29-4)16(2)23-21(15)19(26)14-25-11-9-24(10-12-25)13-17-5-7-18(28-3)8-6-17/h5-8,23H,9-14H2,1-4H3/p+2. The number of quaternary nitrogens is 2. The van der Waals surface area contributed by atoms with Crippen molar-refractivity contribution in [3.05, 3.63) is 52.3 Å². The number of carbonyl (C=O) groups excluding carboxylic acids is 2. The molecule has 1 aliphatic rings. The van der Waals surface area contributed by atoms with Crippen molar-refractivity contribution in [3.63, 3.8) is 0 Å². The first-order chi connectivity index (χ1) is 13.9. The highest BCUT2D eigenvalue weighted by Crippen LogP contribution is 2.19. The van der Waals surface area contributed by atoms with Crippen LogP contribution in [0.5, 0.6) is 5.75 Å². The van der Waals surface area contributed by atoms with E-state index in [1.165, 1.54) is 22.5 Å². The Balaban J connectivity index is 1.54. The molecule has 1 aromatic carbocycles. The minimum atomic E-state index is -0.404. The number of piperazine rings is 1. The van der Waals surface area contributed by atoms with Crippen LogP contribution in [0.2, 0.25) is 0 Å². The number of H-pyrrole nitrogens is 1. The van der Waals surface area contributed by atoms with Gasteiger partial charge >= 0.3 is 5.97 Å². The Morgan fingerprint density at radius 1 is 1.00 bits per heavy atom. The Bertz CT molecular complexity index is 865. The normalized spacial score (nSPS) is 19.0. The number of aromatic nitrogens is 1. The number of Topliss-reactive ketones (excluding diaryl/α,β-unsaturated/α-hetero) is 1. The zero-order valence-electron chi connectivity index (χ0n) is 17.7. The van der Waals surface area contributed by atoms with E-state index in [0.717, 1.165) is 38.5 Å². The van der Waals surface area contributed by atoms with Crippen LogP contribution in [0.3, 0.4) is 0 Å². The van der Waals surface area contributed by atoms with Gasteiger partial charge in [0.25, 0.3) is 0 Å². The second-order valence-electron chi connectivity index (χ2n) is 7.74. The number of aromatic amines is 1. The smallest absolute Gasteiger partial charge is 0.339 e. The molecule has 156 valence electrons. The summed E-state index contributed by atoms with van der Waals surface area (Å²) in [5.74, 6) is 0.523. The van der Waals surface area contributed by atoms with Gasteiger partial charge in [-0.25, -0.2) is 4.79 Å². The SMILES string of the molecule is COC(=O)c1c(C)[nH]c(C(=O)C[NH+]2CC[NH+](Cc3ccc(OC)cc3)CC2)c1C. The summed E-state index contributed by atoms with van der Waals surface area (Å²) >= 11 is 0. The van der Waals surface area contributed by atoms with E-state index in [9.17, 15) is 9.59 Å². The summed E-state index contributed by atoms with van der Waals surface area (Å²) in [6.07, 6.45) is 0. The van der Waals surface area contributed by atoms with Crippen molar-refractivity contribution < 1.29 is 28.9 Å². The van der Waals surface area contributed by atoms with Crippen LogP contribution in [0.25, 0.3) is 0 Å². The van der Waals surface area contributed by atoms with Gasteiger partial charge < -0.3 is 24.3 Å². The number of hydrogen-bond acceptors (Lipinski definition) is 4. The van der Waals surface area contributed by atoms with Gasteiger partial charge in [-0.3, -0.25) is 4.79 Å². The van der Waals surface area contributed by atoms with Crippen LogP contribution in [0.15, 0.2) is 24.3 Å². The summed E-state index contributed by atoms with van der Waals surface area (Å²) in [6.45, 7) is 9.01. The third-order valence-corrected chi connectivity index (χ3v) is 5.79. The number of methoxy groups -OCH3 is 2. The number of hydrogen-bond donors (Lipinski definition) is 3. The highest BCUT2D eigenvalue weighted by molar-refractivity contribution is 6.01. The third-order valence-electron chi connectivity index (χ3n) is 5.79. The fourth-order valence-corrected chi connectivity index (χ4v) is 4.10. The molecule has 7 heteroatoms. The maximum atomic E-state index is 12.8. The molecule has 0 amide bonds. The molecule has 0 atom stereocenters. The number of nitrogens with one attached hydrogen (secondary N) is 3. The van der Waals surface area contributed by atoms with Crippen molar-refractivity contribution in [1.82, 2.24) is 4.98 Å². The Morgan fingerprint density at radius 3 is 2.21 bits per heavy atom. The number of carbonyl (C=O) groups is 2. The molecule has 0 bridgehead atoms. The lowest BCUT2D eigenvalue weighted by Crippen LogP contribution is -3.27. The minimum absolute atomic E-state index is 0.0503. The van der Waals surface area contributed by atoms with Crippen molar-refractivity contribution in [3.8, 4) is 5.75 Å². The van der Waals surface area contributed by atoms with E-state index in [0.29, 0.717) is 29.1 Å². The van der Waals surface area contributed by atoms with Crippen molar-refractivity contribution in [2.24, 2.45) is 0 Å². The predicted octanol–water partition coefficient (Wildman–Crippen LogP) is -0.407. The maximum Gasteiger partial charge on any atom is 0.339 e. The molecule has 2 heterocycles. The molecule has 1 fully saturated rings. The van der Waals surface area contributed by atoms with Crippen LogP contribution >= 0.6 is 0 Å². The van der Waals surface area contributed by atoms with E-state index in [2.05, 4.69) is 17.1 Å². The van der Waals surface area contributed by atoms with Gasteiger partial charge in [0, 0.05) is 11.3 Å². The van der Waals surface area contributed by atoms with Crippen molar-refractivity contribution in [2.75, 3.05) is 46.9 Å². The first kappa shape index (κ1) is 21.1. The summed E-state index contributed by atoms with van der Waals surface area (Å²) in [4.78, 5) is 30.7. The zero-order valence-corrected chi connectivity index (χ0v) is 17.7. The fourth-order valence-electron chi connectivity index (χ4n) is 4.10. The second-order valence-corrected chi connectivity index (χ2v) is 7.74. The minimum Gasteiger partial charge on any atom is -0.497 e. The van der Waals surface area contributed by atoms with Crippen LogP contribution < -0.4 is 14.5 Å². The number of aryl methyl sites for hydroxylation is 1. The van der Waals surface area contributed by atoms with Crippen LogP contribution in [0.1, 0.15) is 37.7 Å². The van der Waals surface area contributed by atoms with Crippen molar-refractivity contribution in [1.29, 1.82) is 0 Å². The van der Waals surface area contributed by atoms with E-state index in [1.54, 1.807) is 21.0 Å². The van der Waals surface area contributed by atoms with Gasteiger partial charge in [0.05, 0.1) is 25.5 Å². The molecule has 1 aromatic heterocycles. The Morgan fingerprint density at radius 2 is 1.62 bits per heavy atom. The summed E-state index contributed by atoms with van der Waals surface area (Å²) in [7, 11) is 3.03. The first-order valence-electron chi connectivity index (χ1n) is 10.0. The van der Waals surface area contributed by atoms with Gasteiger partial charge in [-0.05, 0) is 43.7 Å². The number of ether oxygens (including phenoxy) is 2. The highest BCUT2D eigenvalue weighted by Gasteiger charge is 2.28. The van der Waals surface area contributed by atoms with Crippen LogP contribution in [-0.2, 0) is 11.3 Å². The average molecular weight is 402 g/mol. The molecule has 0 unspecified atom stereocenters. The molecular formula is C22H31N3O4+2. The summed E-state index contributed by atoms with van der Waals surface area (Å²) < 4.78 is 10.0. The number of esters is 1. The van der Waals surface area contributed by atoms with Crippen LogP contribution in [-0.4, -0.2) is 63.7 Å². The molecule has 0 saturated carbocycles. The monoisotopic (exact) mass is 401 g/mol. The second kappa shape index (κ2) is 9.24. The molecule has 1 saturated heterocycles. The molecule has 0 radical (unpaired) electrons. The Labute approximate surface area is 171 Å². The van der Waals surface area contributed by atoms with Gasteiger partial charge in [0.2, 0.25) is 5.78 Å². The fraction of sp³-hybridized carbons (Fsp3) is 0.455. The molecule has 3 N–H and O–H groups in total. The van der Waals surface area contributed by atoms with Crippen molar-refractivity contribution >= 4 is 11.8 Å². The quantitative estimate of drug-likeness (QED) is 0.436. The number of benzene rings is 1. The predicted molar refractivity (Wildman–Crippen MR) is 109 cm³/mol. The molecule has 29 heavy (non-hydrogen) atoms. The average Bonchev–Trinajstić information content (AvgIpc) is 3.03. The van der Waals surface area contributed by atoms with Gasteiger partial charge in [0.1, 0.15) is 45.0 Å². The van der Waals surface area contributed by atoms with E-state index in [4.69, 9.17) is 9.47 Å². The van der Waals surface area contributed by atoms with E-state index in [1.807, 2.05) is 12.1 Å². The van der Waals surface area contributed by atoms with Crippen LogP contribution in [0.4, 0.5) is 0 Å². The topological polar surface area (TPSA) is 77.3 Å². The molecule has 7 nitrogen and oxygen atoms in total. The maximum absolute atomic E-state index is 12.8. The largest absolute Gasteiger partial charge is 0.497 e. The lowest BCUT2D eigenvalue weighted by molar-refractivity contribution is -1.01. The highest BCUT2D eigenvalue weighted by atomic mass is 16.5. The number of rotatable bonds is 7. The van der Waals surface area contributed by atoms with E-state index < -0.39 is 5.97 Å². The van der Waals surface area contributed by atoms with Gasteiger partial charge in [-0.15, -0.1) is 0 Å². The van der Waals surface area contributed by atoms with Gasteiger partial charge in [0.15, 0.2) is 0 Å². The van der Waals surface area contributed by atoms with Crippen LogP contribution in [0, 0.1) is 13.8 Å². The molecule has 3 rings (SSSR count). The van der Waals surface area contributed by atoms with E-state index >= 15 is 0 Å². The molecule has 0 spiro atoms. The summed E-state index contributed by atoms with van der Waals surface area (Å²) in [5, 5.41) is 0. The summed E-state index contributed by atoms with van der Waals surface area (Å²) in [5.41, 5.74) is 3.67. The van der Waals surface area contributed by atoms with E-state index in [-0.39, 0.29) is 5.78 Å². The molecule has 0 aliphatic carbocycles. The molecule has 1 aliphatic heterocycles. The summed E-state index contributed by atoms with van der Waals surface area (Å²) in [6, 6.07) is 8.23. The van der Waals surface area contributed by atoms with Gasteiger partial charge in [-0.2, -0.15) is 0 Å². The molecular weight excluding hydrogens is 370 g/mol. The number of ketones is 1.